The molecule has 5 heteroatoms. The lowest BCUT2D eigenvalue weighted by atomic mass is 10.2. The van der Waals surface area contributed by atoms with E-state index < -0.39 is 18.8 Å². The Kier molecular flexibility index (Phi) is 2.95. The highest BCUT2D eigenvalue weighted by Crippen LogP contribution is 2.32. The molecule has 1 rings (SSSR count). The molecule has 1 unspecified atom stereocenters. The molecule has 72 valence electrons. The zero-order valence-electron chi connectivity index (χ0n) is 6.56. The summed E-state index contributed by atoms with van der Waals surface area (Å²) in [5, 5.41) is 11.3. The summed E-state index contributed by atoms with van der Waals surface area (Å²) in [6.07, 6.45) is -2.90. The van der Waals surface area contributed by atoms with Gasteiger partial charge in [-0.25, -0.2) is 0 Å². The van der Waals surface area contributed by atoms with Crippen molar-refractivity contribution in [1.29, 1.82) is 0 Å². The van der Waals surface area contributed by atoms with Crippen molar-refractivity contribution in [2.24, 2.45) is 5.92 Å². The highest BCUT2D eigenvalue weighted by atomic mass is 19.4. The Bertz CT molecular complexity index is 144. The van der Waals surface area contributed by atoms with Gasteiger partial charge in [0.25, 0.3) is 0 Å². The van der Waals surface area contributed by atoms with Crippen molar-refractivity contribution in [3.05, 3.63) is 0 Å². The number of alkyl halides is 3. The lowest BCUT2D eigenvalue weighted by Gasteiger charge is -2.11. The fourth-order valence-corrected chi connectivity index (χ4v) is 1.01. The van der Waals surface area contributed by atoms with Gasteiger partial charge >= 0.3 is 6.18 Å². The SMILES string of the molecule is OC(CNCC(F)(F)F)C1CC1. The van der Waals surface area contributed by atoms with Crippen molar-refractivity contribution < 1.29 is 18.3 Å². The van der Waals surface area contributed by atoms with Crippen molar-refractivity contribution in [1.82, 2.24) is 5.32 Å². The highest BCUT2D eigenvalue weighted by molar-refractivity contribution is 4.82. The number of hydrogen-bond donors (Lipinski definition) is 2. The van der Waals surface area contributed by atoms with E-state index in [-0.39, 0.29) is 12.5 Å². The molecule has 0 bridgehead atoms. The van der Waals surface area contributed by atoms with E-state index in [0.29, 0.717) is 0 Å². The van der Waals surface area contributed by atoms with Gasteiger partial charge in [-0.05, 0) is 18.8 Å². The number of hydrogen-bond acceptors (Lipinski definition) is 2. The first kappa shape index (κ1) is 9.80. The van der Waals surface area contributed by atoms with E-state index in [1.807, 2.05) is 0 Å². The molecule has 0 aromatic carbocycles. The molecule has 0 radical (unpaired) electrons. The number of aliphatic hydroxyl groups excluding tert-OH is 1. The Balaban J connectivity index is 2.01. The first-order valence-electron chi connectivity index (χ1n) is 3.94. The molecule has 1 saturated carbocycles. The van der Waals surface area contributed by atoms with Crippen molar-refractivity contribution in [2.45, 2.75) is 25.1 Å². The molecule has 1 fully saturated rings. The van der Waals surface area contributed by atoms with E-state index in [9.17, 15) is 13.2 Å². The van der Waals surface area contributed by atoms with Crippen LogP contribution in [0, 0.1) is 5.92 Å². The maximum absolute atomic E-state index is 11.6. The number of rotatable bonds is 4. The molecule has 0 aromatic heterocycles. The minimum atomic E-state index is -4.18. The number of aliphatic hydroxyl groups is 1. The van der Waals surface area contributed by atoms with E-state index in [4.69, 9.17) is 5.11 Å². The van der Waals surface area contributed by atoms with Gasteiger partial charge in [0, 0.05) is 6.54 Å². The number of nitrogens with one attached hydrogen (secondary N) is 1. The van der Waals surface area contributed by atoms with Gasteiger partial charge in [0.2, 0.25) is 0 Å². The van der Waals surface area contributed by atoms with Crippen molar-refractivity contribution in [3.63, 3.8) is 0 Å². The van der Waals surface area contributed by atoms with Crippen LogP contribution in [0.2, 0.25) is 0 Å². The standard InChI is InChI=1S/C7H12F3NO/c8-7(9,10)4-11-3-6(12)5-1-2-5/h5-6,11-12H,1-4H2. The molecule has 1 aliphatic rings. The van der Waals surface area contributed by atoms with E-state index in [1.54, 1.807) is 0 Å². The van der Waals surface area contributed by atoms with Crippen LogP contribution in [-0.2, 0) is 0 Å². The molecule has 0 aromatic rings. The second kappa shape index (κ2) is 3.62. The van der Waals surface area contributed by atoms with Gasteiger partial charge in [0.15, 0.2) is 0 Å². The van der Waals surface area contributed by atoms with E-state index >= 15 is 0 Å². The summed E-state index contributed by atoms with van der Waals surface area (Å²) in [5.74, 6) is 0.228. The van der Waals surface area contributed by atoms with Gasteiger partial charge in [0.05, 0.1) is 12.6 Å². The zero-order chi connectivity index (χ0) is 9.19. The Hall–Kier alpha value is -0.290. The molecule has 0 saturated heterocycles. The molecule has 0 spiro atoms. The monoisotopic (exact) mass is 183 g/mol. The molecule has 2 nitrogen and oxygen atoms in total. The second-order valence-corrected chi connectivity index (χ2v) is 3.15. The largest absolute Gasteiger partial charge is 0.401 e. The molecule has 12 heavy (non-hydrogen) atoms. The van der Waals surface area contributed by atoms with Crippen molar-refractivity contribution >= 4 is 0 Å². The normalized spacial score (nSPS) is 21.0. The smallest absolute Gasteiger partial charge is 0.392 e. The van der Waals surface area contributed by atoms with Crippen LogP contribution < -0.4 is 5.32 Å². The summed E-state index contributed by atoms with van der Waals surface area (Å²) in [5.41, 5.74) is 0. The Morgan fingerprint density at radius 2 is 2.00 bits per heavy atom. The minimum Gasteiger partial charge on any atom is -0.392 e. The quantitative estimate of drug-likeness (QED) is 0.679. The first-order valence-corrected chi connectivity index (χ1v) is 3.94. The lowest BCUT2D eigenvalue weighted by molar-refractivity contribution is -0.125. The first-order chi connectivity index (χ1) is 5.49. The third kappa shape index (κ3) is 3.92. The van der Waals surface area contributed by atoms with E-state index in [1.165, 1.54) is 0 Å². The minimum absolute atomic E-state index is 0.0458. The lowest BCUT2D eigenvalue weighted by Crippen LogP contribution is -2.35. The van der Waals surface area contributed by atoms with Crippen LogP contribution in [0.3, 0.4) is 0 Å². The summed E-state index contributed by atoms with van der Waals surface area (Å²) in [6.45, 7) is -0.971. The molecule has 0 aliphatic heterocycles. The van der Waals surface area contributed by atoms with Gasteiger partial charge in [-0.2, -0.15) is 13.2 Å². The highest BCUT2D eigenvalue weighted by Gasteiger charge is 2.31. The predicted octanol–water partition coefficient (Wildman–Crippen LogP) is 0.909. The van der Waals surface area contributed by atoms with Crippen LogP contribution in [0.5, 0.6) is 0 Å². The van der Waals surface area contributed by atoms with Crippen LogP contribution in [0.25, 0.3) is 0 Å². The topological polar surface area (TPSA) is 32.3 Å². The van der Waals surface area contributed by atoms with Gasteiger partial charge in [-0.3, -0.25) is 0 Å². The van der Waals surface area contributed by atoms with Crippen LogP contribution in [-0.4, -0.2) is 30.5 Å². The van der Waals surface area contributed by atoms with Crippen LogP contribution in [0.15, 0.2) is 0 Å². The maximum atomic E-state index is 11.6. The van der Waals surface area contributed by atoms with Gasteiger partial charge in [-0.1, -0.05) is 0 Å². The van der Waals surface area contributed by atoms with Gasteiger partial charge in [0.1, 0.15) is 0 Å². The van der Waals surface area contributed by atoms with Crippen molar-refractivity contribution in [2.75, 3.05) is 13.1 Å². The van der Waals surface area contributed by atoms with E-state index in [2.05, 4.69) is 5.32 Å². The van der Waals surface area contributed by atoms with Crippen LogP contribution in [0.1, 0.15) is 12.8 Å². The molecule has 0 amide bonds. The fourth-order valence-electron chi connectivity index (χ4n) is 1.01. The second-order valence-electron chi connectivity index (χ2n) is 3.15. The Labute approximate surface area is 68.8 Å². The summed E-state index contributed by atoms with van der Waals surface area (Å²) in [7, 11) is 0. The maximum Gasteiger partial charge on any atom is 0.401 e. The molecule has 1 aliphatic carbocycles. The fraction of sp³-hybridized carbons (Fsp3) is 1.00. The average Bonchev–Trinajstić information content (AvgIpc) is 2.64. The summed E-state index contributed by atoms with van der Waals surface area (Å²) >= 11 is 0. The Morgan fingerprint density at radius 3 is 2.42 bits per heavy atom. The van der Waals surface area contributed by atoms with Crippen molar-refractivity contribution in [3.8, 4) is 0 Å². The van der Waals surface area contributed by atoms with Crippen LogP contribution in [0.4, 0.5) is 13.2 Å². The molecule has 1 atom stereocenters. The Morgan fingerprint density at radius 1 is 1.42 bits per heavy atom. The number of halogens is 3. The summed E-state index contributed by atoms with van der Waals surface area (Å²) < 4.78 is 34.7. The van der Waals surface area contributed by atoms with Gasteiger partial charge < -0.3 is 10.4 Å². The predicted molar refractivity (Wildman–Crippen MR) is 37.7 cm³/mol. The molecule has 0 heterocycles. The molecular weight excluding hydrogens is 171 g/mol. The molecular formula is C7H12F3NO. The van der Waals surface area contributed by atoms with E-state index in [0.717, 1.165) is 12.8 Å². The average molecular weight is 183 g/mol. The third-order valence-electron chi connectivity index (χ3n) is 1.85. The van der Waals surface area contributed by atoms with Gasteiger partial charge in [-0.15, -0.1) is 0 Å². The summed E-state index contributed by atoms with van der Waals surface area (Å²) in [6, 6.07) is 0. The summed E-state index contributed by atoms with van der Waals surface area (Å²) in [4.78, 5) is 0. The third-order valence-corrected chi connectivity index (χ3v) is 1.85. The zero-order valence-corrected chi connectivity index (χ0v) is 6.56. The van der Waals surface area contributed by atoms with Crippen LogP contribution >= 0.6 is 0 Å². The molecule has 2 N–H and O–H groups in total.